The van der Waals surface area contributed by atoms with Crippen molar-refractivity contribution in [2.24, 2.45) is 0 Å². The molecule has 1 aromatic carbocycles. The van der Waals surface area contributed by atoms with Crippen molar-refractivity contribution in [3.05, 3.63) is 12.1 Å². The summed E-state index contributed by atoms with van der Waals surface area (Å²) in [7, 11) is 0. The molecule has 0 atom stereocenters. The number of rotatable bonds is 6. The third-order valence-electron chi connectivity index (χ3n) is 2.95. The van der Waals surface area contributed by atoms with Crippen molar-refractivity contribution in [3.8, 4) is 0 Å². The van der Waals surface area contributed by atoms with Crippen LogP contribution < -0.4 is 10.6 Å². The van der Waals surface area contributed by atoms with E-state index in [1.165, 1.54) is 9.40 Å². The van der Waals surface area contributed by atoms with E-state index in [0.717, 1.165) is 47.2 Å². The zero-order valence-corrected chi connectivity index (χ0v) is 13.3. The van der Waals surface area contributed by atoms with Gasteiger partial charge in [-0.25, -0.2) is 9.97 Å². The van der Waals surface area contributed by atoms with Crippen molar-refractivity contribution in [2.75, 3.05) is 23.7 Å². The molecule has 2 aromatic heterocycles. The zero-order chi connectivity index (χ0) is 13.9. The van der Waals surface area contributed by atoms with Crippen molar-refractivity contribution in [2.45, 2.75) is 26.7 Å². The third kappa shape index (κ3) is 2.71. The molecule has 0 fully saturated rings. The van der Waals surface area contributed by atoms with Gasteiger partial charge < -0.3 is 10.6 Å². The van der Waals surface area contributed by atoms with Crippen LogP contribution in [0.3, 0.4) is 0 Å². The van der Waals surface area contributed by atoms with Gasteiger partial charge in [-0.2, -0.15) is 0 Å². The Morgan fingerprint density at radius 3 is 1.80 bits per heavy atom. The second kappa shape index (κ2) is 5.93. The minimum absolute atomic E-state index is 0.970. The standard InChI is InChI=1S/C14H18N4S2/c1-3-5-15-13-17-9-7-10-12(8-11(9)19-13)20-14(18-10)16-6-4-2/h7-8H,3-6H2,1-2H3,(H,15,17)(H,16,18). The van der Waals surface area contributed by atoms with Gasteiger partial charge in [-0.1, -0.05) is 36.5 Å². The quantitative estimate of drug-likeness (QED) is 0.701. The lowest BCUT2D eigenvalue weighted by Gasteiger charge is -1.96. The summed E-state index contributed by atoms with van der Waals surface area (Å²) in [5.74, 6) is 0. The Labute approximate surface area is 126 Å². The first-order valence-electron chi connectivity index (χ1n) is 6.99. The Balaban J connectivity index is 1.93. The lowest BCUT2D eigenvalue weighted by Crippen LogP contribution is -1.98. The van der Waals surface area contributed by atoms with Crippen LogP contribution in [0.15, 0.2) is 12.1 Å². The van der Waals surface area contributed by atoms with Gasteiger partial charge in [-0.3, -0.25) is 0 Å². The van der Waals surface area contributed by atoms with Crippen LogP contribution in [0.5, 0.6) is 0 Å². The molecule has 106 valence electrons. The van der Waals surface area contributed by atoms with Crippen LogP contribution in [0.4, 0.5) is 10.3 Å². The minimum atomic E-state index is 0.970. The Morgan fingerprint density at radius 2 is 1.35 bits per heavy atom. The molecule has 0 aliphatic heterocycles. The van der Waals surface area contributed by atoms with E-state index in [2.05, 4.69) is 46.6 Å². The van der Waals surface area contributed by atoms with E-state index < -0.39 is 0 Å². The number of fused-ring (bicyclic) bond motifs is 2. The van der Waals surface area contributed by atoms with Crippen molar-refractivity contribution in [1.29, 1.82) is 0 Å². The monoisotopic (exact) mass is 306 g/mol. The maximum absolute atomic E-state index is 4.62. The lowest BCUT2D eigenvalue weighted by molar-refractivity contribution is 0.977. The fraction of sp³-hybridized carbons (Fsp3) is 0.429. The average Bonchev–Trinajstić information content (AvgIpc) is 3.01. The maximum Gasteiger partial charge on any atom is 0.183 e. The smallest absolute Gasteiger partial charge is 0.183 e. The molecule has 0 aliphatic carbocycles. The van der Waals surface area contributed by atoms with E-state index in [4.69, 9.17) is 0 Å². The molecule has 0 amide bonds. The molecule has 0 saturated carbocycles. The summed E-state index contributed by atoms with van der Waals surface area (Å²) in [4.78, 5) is 9.25. The molecule has 3 aromatic rings. The van der Waals surface area contributed by atoms with Gasteiger partial charge in [0.15, 0.2) is 10.3 Å². The largest absolute Gasteiger partial charge is 0.361 e. The van der Waals surface area contributed by atoms with Crippen LogP contribution >= 0.6 is 22.7 Å². The molecule has 0 bridgehead atoms. The maximum atomic E-state index is 4.62. The number of thiazole rings is 2. The second-order valence-electron chi connectivity index (χ2n) is 4.68. The van der Waals surface area contributed by atoms with Gasteiger partial charge in [0.05, 0.1) is 20.4 Å². The molecule has 3 rings (SSSR count). The molecule has 0 unspecified atom stereocenters. The van der Waals surface area contributed by atoms with Gasteiger partial charge in [0.1, 0.15) is 0 Å². The fourth-order valence-corrected chi connectivity index (χ4v) is 3.86. The van der Waals surface area contributed by atoms with Crippen LogP contribution in [-0.2, 0) is 0 Å². The number of hydrogen-bond acceptors (Lipinski definition) is 6. The first-order chi connectivity index (χ1) is 9.80. The summed E-state index contributed by atoms with van der Waals surface area (Å²) in [6, 6.07) is 4.29. The van der Waals surface area contributed by atoms with Gasteiger partial charge in [-0.05, 0) is 25.0 Å². The van der Waals surface area contributed by atoms with E-state index in [0.29, 0.717) is 0 Å². The summed E-state index contributed by atoms with van der Waals surface area (Å²) < 4.78 is 2.45. The first-order valence-corrected chi connectivity index (χ1v) is 8.62. The third-order valence-corrected chi connectivity index (χ3v) is 4.90. The van der Waals surface area contributed by atoms with Gasteiger partial charge in [-0.15, -0.1) is 0 Å². The SMILES string of the molecule is CCCNc1nc2cc3nc(NCCC)sc3cc2s1. The fourth-order valence-electron chi connectivity index (χ4n) is 1.96. The predicted molar refractivity (Wildman–Crippen MR) is 90.4 cm³/mol. The highest BCUT2D eigenvalue weighted by molar-refractivity contribution is 7.24. The number of anilines is 2. The Hall–Kier alpha value is -1.40. The van der Waals surface area contributed by atoms with Crippen LogP contribution in [0.1, 0.15) is 26.7 Å². The van der Waals surface area contributed by atoms with Crippen LogP contribution in [0.25, 0.3) is 20.4 Å². The highest BCUT2D eigenvalue weighted by Gasteiger charge is 2.09. The average molecular weight is 306 g/mol. The van der Waals surface area contributed by atoms with Gasteiger partial charge in [0.25, 0.3) is 0 Å². The normalized spacial score (nSPS) is 11.3. The van der Waals surface area contributed by atoms with E-state index >= 15 is 0 Å². The Morgan fingerprint density at radius 1 is 0.850 bits per heavy atom. The topological polar surface area (TPSA) is 49.8 Å². The number of hydrogen-bond donors (Lipinski definition) is 2. The zero-order valence-electron chi connectivity index (χ0n) is 11.7. The van der Waals surface area contributed by atoms with Crippen molar-refractivity contribution < 1.29 is 0 Å². The first kappa shape index (κ1) is 13.6. The number of benzene rings is 1. The van der Waals surface area contributed by atoms with Gasteiger partial charge in [0.2, 0.25) is 0 Å². The van der Waals surface area contributed by atoms with Crippen molar-refractivity contribution in [3.63, 3.8) is 0 Å². The van der Waals surface area contributed by atoms with E-state index in [9.17, 15) is 0 Å². The van der Waals surface area contributed by atoms with Crippen LogP contribution in [-0.4, -0.2) is 23.1 Å². The predicted octanol–water partition coefficient (Wildman–Crippen LogP) is 4.55. The van der Waals surface area contributed by atoms with Crippen molar-refractivity contribution in [1.82, 2.24) is 9.97 Å². The second-order valence-corrected chi connectivity index (χ2v) is 6.74. The lowest BCUT2D eigenvalue weighted by atomic mass is 10.3. The Bertz CT molecular complexity index is 608. The number of aromatic nitrogens is 2. The van der Waals surface area contributed by atoms with E-state index in [-0.39, 0.29) is 0 Å². The number of nitrogens with zero attached hydrogens (tertiary/aromatic N) is 2. The Kier molecular flexibility index (Phi) is 4.03. The van der Waals surface area contributed by atoms with Gasteiger partial charge in [0, 0.05) is 13.1 Å². The molecule has 6 heteroatoms. The summed E-state index contributed by atoms with van der Waals surface area (Å²) in [6.07, 6.45) is 2.22. The molecule has 2 heterocycles. The summed E-state index contributed by atoms with van der Waals surface area (Å²) >= 11 is 3.43. The highest BCUT2D eigenvalue weighted by atomic mass is 32.1. The summed E-state index contributed by atoms with van der Waals surface area (Å²) in [5.41, 5.74) is 2.07. The molecule has 2 N–H and O–H groups in total. The molecule has 0 saturated heterocycles. The van der Waals surface area contributed by atoms with E-state index in [1.807, 2.05) is 0 Å². The van der Waals surface area contributed by atoms with Crippen LogP contribution in [0.2, 0.25) is 0 Å². The summed E-state index contributed by atoms with van der Waals surface area (Å²) in [5, 5.41) is 8.70. The molecule has 20 heavy (non-hydrogen) atoms. The molecular weight excluding hydrogens is 288 g/mol. The molecule has 0 aliphatic rings. The molecule has 0 radical (unpaired) electrons. The molecule has 4 nitrogen and oxygen atoms in total. The minimum Gasteiger partial charge on any atom is -0.361 e. The molecular formula is C14H18N4S2. The van der Waals surface area contributed by atoms with E-state index in [1.54, 1.807) is 22.7 Å². The number of nitrogens with one attached hydrogen (secondary N) is 2. The van der Waals surface area contributed by atoms with Crippen LogP contribution in [0, 0.1) is 0 Å². The van der Waals surface area contributed by atoms with Gasteiger partial charge >= 0.3 is 0 Å². The highest BCUT2D eigenvalue weighted by Crippen LogP contribution is 2.33. The molecule has 0 spiro atoms. The van der Waals surface area contributed by atoms with Crippen molar-refractivity contribution >= 4 is 53.4 Å². The summed E-state index contributed by atoms with van der Waals surface area (Å²) in [6.45, 7) is 6.26.